The molecule has 2 aromatic rings. The molecule has 1 aliphatic heterocycles. The van der Waals surface area contributed by atoms with Crippen LogP contribution >= 0.6 is 0 Å². The van der Waals surface area contributed by atoms with Gasteiger partial charge in [0.15, 0.2) is 0 Å². The molecule has 6 heteroatoms. The standard InChI is InChI=1S/C21H30N6/c1-25(2)19-9-13-26(14-10-19)27(15-18-8-12-22-16-24-18)20-7-3-5-17-6-4-11-23-21(17)20/h4,6,8,11-12,16,19-20H,3,5,7,9-10,13-15H2,1-2H3. The SMILES string of the molecule is CN(C)C1CCN(N(Cc2ccncn2)C2CCCc3cccnc32)CC1. The van der Waals surface area contributed by atoms with Crippen molar-refractivity contribution < 1.29 is 0 Å². The number of fused-ring (bicyclic) bond motifs is 1. The first-order valence-corrected chi connectivity index (χ1v) is 10.1. The second-order valence-corrected chi connectivity index (χ2v) is 7.90. The molecule has 0 aromatic carbocycles. The summed E-state index contributed by atoms with van der Waals surface area (Å²) in [7, 11) is 4.39. The van der Waals surface area contributed by atoms with Gasteiger partial charge in [-0.3, -0.25) is 4.98 Å². The van der Waals surface area contributed by atoms with Gasteiger partial charge >= 0.3 is 0 Å². The van der Waals surface area contributed by atoms with Crippen LogP contribution in [0.5, 0.6) is 0 Å². The second kappa shape index (κ2) is 8.42. The van der Waals surface area contributed by atoms with Gasteiger partial charge in [-0.15, -0.1) is 0 Å². The quantitative estimate of drug-likeness (QED) is 0.811. The topological polar surface area (TPSA) is 48.4 Å². The normalized spacial score (nSPS) is 21.6. The zero-order valence-corrected chi connectivity index (χ0v) is 16.5. The lowest BCUT2D eigenvalue weighted by atomic mass is 9.91. The number of hydrazine groups is 1. The van der Waals surface area contributed by atoms with Gasteiger partial charge in [-0.1, -0.05) is 6.07 Å². The second-order valence-electron chi connectivity index (χ2n) is 7.90. The third kappa shape index (κ3) is 4.18. The van der Waals surface area contributed by atoms with E-state index in [1.54, 1.807) is 6.33 Å². The third-order valence-corrected chi connectivity index (χ3v) is 6.03. The molecular weight excluding hydrogens is 336 g/mol. The van der Waals surface area contributed by atoms with Gasteiger partial charge < -0.3 is 4.90 Å². The Bertz CT molecular complexity index is 726. The number of aromatic nitrogens is 3. The fourth-order valence-electron chi connectivity index (χ4n) is 4.49. The van der Waals surface area contributed by atoms with Crippen LogP contribution in [0.3, 0.4) is 0 Å². The molecule has 1 aliphatic carbocycles. The molecule has 0 bridgehead atoms. The van der Waals surface area contributed by atoms with Crippen molar-refractivity contribution in [1.82, 2.24) is 29.9 Å². The molecule has 1 atom stereocenters. The number of pyridine rings is 1. The van der Waals surface area contributed by atoms with E-state index in [4.69, 9.17) is 4.98 Å². The first-order chi connectivity index (χ1) is 13.2. The van der Waals surface area contributed by atoms with Crippen LogP contribution in [0.4, 0.5) is 0 Å². The summed E-state index contributed by atoms with van der Waals surface area (Å²) in [5.41, 5.74) is 3.74. The lowest BCUT2D eigenvalue weighted by Gasteiger charge is -2.45. The van der Waals surface area contributed by atoms with E-state index in [0.717, 1.165) is 38.2 Å². The highest BCUT2D eigenvalue weighted by Crippen LogP contribution is 2.35. The van der Waals surface area contributed by atoms with E-state index in [0.29, 0.717) is 12.1 Å². The lowest BCUT2D eigenvalue weighted by molar-refractivity contribution is -0.0971. The molecule has 0 radical (unpaired) electrons. The van der Waals surface area contributed by atoms with Gasteiger partial charge in [-0.25, -0.2) is 20.0 Å². The van der Waals surface area contributed by atoms with Gasteiger partial charge in [0.1, 0.15) is 6.33 Å². The summed E-state index contributed by atoms with van der Waals surface area (Å²) in [6.45, 7) is 3.00. The largest absolute Gasteiger partial charge is 0.306 e. The average Bonchev–Trinajstić information content (AvgIpc) is 2.72. The Balaban J connectivity index is 1.59. The lowest BCUT2D eigenvalue weighted by Crippen LogP contribution is -2.51. The number of nitrogens with zero attached hydrogens (tertiary/aromatic N) is 6. The van der Waals surface area contributed by atoms with E-state index < -0.39 is 0 Å². The van der Waals surface area contributed by atoms with E-state index in [1.165, 1.54) is 30.5 Å². The van der Waals surface area contributed by atoms with E-state index in [2.05, 4.69) is 51.1 Å². The van der Waals surface area contributed by atoms with Gasteiger partial charge in [0, 0.05) is 31.5 Å². The zero-order chi connectivity index (χ0) is 18.6. The highest BCUT2D eigenvalue weighted by Gasteiger charge is 2.33. The zero-order valence-electron chi connectivity index (χ0n) is 16.5. The van der Waals surface area contributed by atoms with Crippen molar-refractivity contribution in [2.24, 2.45) is 0 Å². The minimum Gasteiger partial charge on any atom is -0.306 e. The molecular formula is C21H30N6. The maximum absolute atomic E-state index is 4.79. The van der Waals surface area contributed by atoms with Crippen LogP contribution in [0.15, 0.2) is 36.9 Å². The number of hydrogen-bond acceptors (Lipinski definition) is 6. The van der Waals surface area contributed by atoms with E-state index in [-0.39, 0.29) is 0 Å². The highest BCUT2D eigenvalue weighted by atomic mass is 15.6. The molecule has 0 spiro atoms. The first-order valence-electron chi connectivity index (χ1n) is 10.1. The predicted octanol–water partition coefficient (Wildman–Crippen LogP) is 2.69. The average molecular weight is 367 g/mol. The summed E-state index contributed by atoms with van der Waals surface area (Å²) >= 11 is 0. The van der Waals surface area contributed by atoms with Crippen LogP contribution in [-0.4, -0.2) is 63.1 Å². The van der Waals surface area contributed by atoms with Crippen molar-refractivity contribution in [1.29, 1.82) is 0 Å². The minimum atomic E-state index is 0.334. The van der Waals surface area contributed by atoms with Crippen LogP contribution in [-0.2, 0) is 13.0 Å². The van der Waals surface area contributed by atoms with Crippen LogP contribution in [0.2, 0.25) is 0 Å². The minimum absolute atomic E-state index is 0.334. The Kier molecular flexibility index (Phi) is 5.76. The molecule has 1 saturated heterocycles. The molecule has 2 aliphatic rings. The molecule has 6 nitrogen and oxygen atoms in total. The summed E-state index contributed by atoms with van der Waals surface area (Å²) in [6.07, 6.45) is 11.4. The Morgan fingerprint density at radius 2 is 1.93 bits per heavy atom. The Labute approximate surface area is 162 Å². The van der Waals surface area contributed by atoms with Gasteiger partial charge in [-0.05, 0) is 63.9 Å². The number of hydrogen-bond donors (Lipinski definition) is 0. The Hall–Kier alpha value is -1.89. The van der Waals surface area contributed by atoms with Gasteiger partial charge in [-0.2, -0.15) is 0 Å². The molecule has 1 unspecified atom stereocenters. The van der Waals surface area contributed by atoms with Crippen molar-refractivity contribution >= 4 is 0 Å². The van der Waals surface area contributed by atoms with Crippen molar-refractivity contribution in [3.8, 4) is 0 Å². The highest BCUT2D eigenvalue weighted by molar-refractivity contribution is 5.25. The summed E-state index contributed by atoms with van der Waals surface area (Å²) in [5, 5.41) is 5.09. The van der Waals surface area contributed by atoms with Crippen molar-refractivity contribution in [2.45, 2.75) is 50.7 Å². The van der Waals surface area contributed by atoms with Crippen LogP contribution < -0.4 is 0 Å². The maximum atomic E-state index is 4.79. The molecule has 0 amide bonds. The summed E-state index contributed by atoms with van der Waals surface area (Å²) < 4.78 is 0. The monoisotopic (exact) mass is 366 g/mol. The van der Waals surface area contributed by atoms with Gasteiger partial charge in [0.25, 0.3) is 0 Å². The number of rotatable bonds is 5. The summed E-state index contributed by atoms with van der Waals surface area (Å²) in [4.78, 5) is 15.7. The van der Waals surface area contributed by atoms with Crippen molar-refractivity contribution in [2.75, 3.05) is 27.2 Å². The maximum Gasteiger partial charge on any atom is 0.115 e. The molecule has 0 N–H and O–H groups in total. The van der Waals surface area contributed by atoms with E-state index >= 15 is 0 Å². The van der Waals surface area contributed by atoms with Crippen LogP contribution in [0.1, 0.15) is 48.7 Å². The molecule has 0 saturated carbocycles. The molecule has 1 fully saturated rings. The van der Waals surface area contributed by atoms with Gasteiger partial charge in [0.05, 0.1) is 24.0 Å². The molecule has 4 rings (SSSR count). The number of piperidine rings is 1. The van der Waals surface area contributed by atoms with Crippen molar-refractivity contribution in [3.63, 3.8) is 0 Å². The fourth-order valence-corrected chi connectivity index (χ4v) is 4.49. The summed E-state index contributed by atoms with van der Waals surface area (Å²) in [5.74, 6) is 0. The Morgan fingerprint density at radius 1 is 1.07 bits per heavy atom. The Morgan fingerprint density at radius 3 is 2.67 bits per heavy atom. The fraction of sp³-hybridized carbons (Fsp3) is 0.571. The third-order valence-electron chi connectivity index (χ3n) is 6.03. The summed E-state index contributed by atoms with van der Waals surface area (Å²) in [6, 6.07) is 7.36. The van der Waals surface area contributed by atoms with Gasteiger partial charge in [0.2, 0.25) is 0 Å². The first kappa shape index (κ1) is 18.5. The van der Waals surface area contributed by atoms with Crippen LogP contribution in [0, 0.1) is 0 Å². The molecule has 3 heterocycles. The van der Waals surface area contributed by atoms with E-state index in [9.17, 15) is 0 Å². The van der Waals surface area contributed by atoms with Crippen molar-refractivity contribution in [3.05, 3.63) is 53.9 Å². The van der Waals surface area contributed by atoms with Crippen LogP contribution in [0.25, 0.3) is 0 Å². The molecule has 27 heavy (non-hydrogen) atoms. The smallest absolute Gasteiger partial charge is 0.115 e. The molecule has 2 aromatic heterocycles. The predicted molar refractivity (Wildman–Crippen MR) is 106 cm³/mol. The number of aryl methyl sites for hydroxylation is 1. The van der Waals surface area contributed by atoms with E-state index in [1.807, 2.05) is 18.5 Å². The molecule has 144 valence electrons.